The van der Waals surface area contributed by atoms with E-state index >= 15 is 0 Å². The molecule has 0 fully saturated rings. The van der Waals surface area contributed by atoms with Crippen LogP contribution in [0.4, 0.5) is 13.2 Å². The van der Waals surface area contributed by atoms with Gasteiger partial charge in [-0.15, -0.1) is 0 Å². The minimum atomic E-state index is -5.08. The molecule has 35 heavy (non-hydrogen) atoms. The first-order valence-corrected chi connectivity index (χ1v) is 9.98. The molecule has 0 aliphatic heterocycles. The number of carboxylic acid groups (broad SMARTS) is 1. The lowest BCUT2D eigenvalue weighted by Gasteiger charge is -2.24. The minimum Gasteiger partial charge on any atom is -0.475 e. The Labute approximate surface area is 197 Å². The number of halogens is 3. The first kappa shape index (κ1) is 33.5. The number of rotatable bonds is 12. The largest absolute Gasteiger partial charge is 0.490 e. The third-order valence-electron chi connectivity index (χ3n) is 4.17. The highest BCUT2D eigenvalue weighted by Gasteiger charge is 2.38. The Morgan fingerprint density at radius 1 is 1.23 bits per heavy atom. The number of esters is 1. The van der Waals surface area contributed by atoms with Crippen LogP contribution in [0.2, 0.25) is 0 Å². The molecule has 0 saturated heterocycles. The van der Waals surface area contributed by atoms with E-state index in [0.717, 1.165) is 0 Å². The van der Waals surface area contributed by atoms with E-state index in [0.29, 0.717) is 12.8 Å². The first-order chi connectivity index (χ1) is 16.1. The molecule has 202 valence electrons. The smallest absolute Gasteiger partial charge is 0.475 e. The summed E-state index contributed by atoms with van der Waals surface area (Å²) < 4.78 is 36.2. The average molecular weight is 517 g/mol. The fraction of sp³-hybridized carbons (Fsp3) is 0.706. The topological polar surface area (TPSA) is 241 Å². The number of hydrogen-bond donors (Lipinski definition) is 6. The normalized spacial score (nSPS) is 13.7. The number of carbonyl (C=O) groups is 4. The molecule has 8 N–H and O–H groups in total. The molecule has 0 aliphatic rings. The van der Waals surface area contributed by atoms with E-state index in [1.165, 1.54) is 7.11 Å². The number of carbonyl (C=O) groups excluding carboxylic acids is 3. The van der Waals surface area contributed by atoms with Gasteiger partial charge in [-0.25, -0.2) is 19.9 Å². The molecule has 0 rings (SSSR count). The molecule has 0 saturated carbocycles. The van der Waals surface area contributed by atoms with Crippen LogP contribution in [-0.4, -0.2) is 78.3 Å². The fourth-order valence-corrected chi connectivity index (χ4v) is 2.07. The Morgan fingerprint density at radius 2 is 1.77 bits per heavy atom. The number of hydrogen-bond acceptors (Lipinski definition) is 9. The zero-order chi connectivity index (χ0) is 27.8. The van der Waals surface area contributed by atoms with Crippen molar-refractivity contribution in [3.63, 3.8) is 0 Å². The number of aliphatic imine (C=N–C) groups is 1. The van der Waals surface area contributed by atoms with Crippen LogP contribution in [0.1, 0.15) is 33.1 Å². The maximum absolute atomic E-state index is 12.3. The van der Waals surface area contributed by atoms with Gasteiger partial charge < -0.3 is 31.9 Å². The van der Waals surface area contributed by atoms with Gasteiger partial charge in [0.15, 0.2) is 5.03 Å². The van der Waals surface area contributed by atoms with Crippen molar-refractivity contribution in [2.75, 3.05) is 20.2 Å². The van der Waals surface area contributed by atoms with Crippen molar-refractivity contribution in [1.82, 2.24) is 16.1 Å². The zero-order valence-electron chi connectivity index (χ0n) is 19.3. The molecule has 0 aliphatic carbocycles. The van der Waals surface area contributed by atoms with Gasteiger partial charge in [-0.3, -0.25) is 14.4 Å². The molecule has 0 bridgehead atoms. The monoisotopic (exact) mass is 517 g/mol. The van der Waals surface area contributed by atoms with Crippen LogP contribution >= 0.6 is 0 Å². The molecule has 2 amide bonds. The average Bonchev–Trinajstić information content (AvgIpc) is 2.76. The van der Waals surface area contributed by atoms with Crippen molar-refractivity contribution in [1.29, 1.82) is 0 Å². The number of nitrogens with one attached hydrogen (secondary N) is 3. The van der Waals surface area contributed by atoms with Crippen molar-refractivity contribution in [3.05, 3.63) is 10.1 Å². The standard InChI is InChI=1S/C15H29N7O6.C2HF3O2/c1-4-9(2)12(14(25)19-8-11(23)28-3)20-13(24)10(16)6-5-7-18-15(17)21-22(26)27;3-2(4,5)1(6)7/h9-10,12H,4-8,16H2,1-3H3,(H,19,25)(H,20,24)(H3,17,18,21);(H,6,7)/t9-,10-,12-;/m0./s1. The maximum Gasteiger partial charge on any atom is 0.490 e. The van der Waals surface area contributed by atoms with Crippen LogP contribution in [0.15, 0.2) is 4.99 Å². The maximum atomic E-state index is 12.3. The molecule has 3 atom stereocenters. The lowest BCUT2D eigenvalue weighted by molar-refractivity contribution is -0.525. The molecular weight excluding hydrogens is 487 g/mol. The summed E-state index contributed by atoms with van der Waals surface area (Å²) in [6.07, 6.45) is -3.88. The number of methoxy groups -OCH3 is 1. The second-order valence-electron chi connectivity index (χ2n) is 6.85. The minimum absolute atomic E-state index is 0.141. The van der Waals surface area contributed by atoms with Gasteiger partial charge in [0.05, 0.1) is 13.2 Å². The van der Waals surface area contributed by atoms with E-state index in [1.54, 1.807) is 12.3 Å². The molecule has 0 unspecified atom stereocenters. The molecule has 0 aromatic heterocycles. The summed E-state index contributed by atoms with van der Waals surface area (Å²) in [5.74, 6) is -4.94. The molecule has 0 spiro atoms. The summed E-state index contributed by atoms with van der Waals surface area (Å²) in [7, 11) is 1.20. The molecule has 0 aromatic rings. The van der Waals surface area contributed by atoms with Crippen LogP contribution in [0, 0.1) is 16.0 Å². The molecule has 15 nitrogen and oxygen atoms in total. The number of ether oxygens (including phenoxy) is 1. The molecular formula is C17H30F3N7O8. The van der Waals surface area contributed by atoms with E-state index in [1.807, 2.05) is 6.92 Å². The van der Waals surface area contributed by atoms with Gasteiger partial charge in [-0.1, -0.05) is 25.7 Å². The highest BCUT2D eigenvalue weighted by atomic mass is 19.4. The van der Waals surface area contributed by atoms with Crippen molar-refractivity contribution < 1.29 is 47.2 Å². The van der Waals surface area contributed by atoms with Gasteiger partial charge in [0.25, 0.3) is 5.96 Å². The van der Waals surface area contributed by atoms with Crippen LogP contribution in [0.25, 0.3) is 0 Å². The summed E-state index contributed by atoms with van der Waals surface area (Å²) in [5.41, 5.74) is 12.8. The zero-order valence-corrected chi connectivity index (χ0v) is 19.3. The Kier molecular flexibility index (Phi) is 16.1. The van der Waals surface area contributed by atoms with E-state index in [2.05, 4.69) is 20.4 Å². The molecule has 0 heterocycles. The number of nitrogens with zero attached hydrogens (tertiary/aromatic N) is 2. The number of amides is 2. The van der Waals surface area contributed by atoms with E-state index in [9.17, 15) is 37.7 Å². The Bertz CT molecular complexity index is 764. The van der Waals surface area contributed by atoms with Gasteiger partial charge in [-0.2, -0.15) is 13.2 Å². The fourth-order valence-electron chi connectivity index (χ4n) is 2.07. The quantitative estimate of drug-likeness (QED) is 0.0441. The summed E-state index contributed by atoms with van der Waals surface area (Å²) in [6, 6.07) is -1.76. The first-order valence-electron chi connectivity index (χ1n) is 9.98. The summed E-state index contributed by atoms with van der Waals surface area (Å²) in [5, 5.41) is 21.5. The Balaban J connectivity index is 0. The van der Waals surface area contributed by atoms with Crippen molar-refractivity contribution in [3.8, 4) is 0 Å². The lowest BCUT2D eigenvalue weighted by Crippen LogP contribution is -2.54. The molecule has 18 heteroatoms. The summed E-state index contributed by atoms with van der Waals surface area (Å²) in [6.45, 7) is 3.48. The predicted octanol–water partition coefficient (Wildman–Crippen LogP) is -1.36. The van der Waals surface area contributed by atoms with Crippen molar-refractivity contribution >= 4 is 29.7 Å². The second-order valence-corrected chi connectivity index (χ2v) is 6.85. The Hall–Kier alpha value is -3.70. The third-order valence-corrected chi connectivity index (χ3v) is 4.17. The van der Waals surface area contributed by atoms with Gasteiger partial charge in [0, 0.05) is 6.54 Å². The van der Waals surface area contributed by atoms with E-state index in [-0.39, 0.29) is 31.4 Å². The molecule has 0 aromatic carbocycles. The summed E-state index contributed by atoms with van der Waals surface area (Å²) in [4.78, 5) is 58.5. The van der Waals surface area contributed by atoms with Crippen LogP contribution in [0.3, 0.4) is 0 Å². The number of nitro groups is 1. The highest BCUT2D eigenvalue weighted by molar-refractivity contribution is 5.91. The second kappa shape index (κ2) is 16.8. The van der Waals surface area contributed by atoms with Gasteiger partial charge in [-0.05, 0) is 18.8 Å². The van der Waals surface area contributed by atoms with Crippen molar-refractivity contribution in [2.45, 2.75) is 51.4 Å². The number of carboxylic acids is 1. The number of aliphatic carboxylic acids is 1. The van der Waals surface area contributed by atoms with Gasteiger partial charge in [0.1, 0.15) is 12.6 Å². The number of hydrazine groups is 1. The van der Waals surface area contributed by atoms with Crippen LogP contribution in [0.5, 0.6) is 0 Å². The lowest BCUT2D eigenvalue weighted by atomic mass is 9.97. The van der Waals surface area contributed by atoms with Crippen molar-refractivity contribution in [2.24, 2.45) is 22.4 Å². The highest BCUT2D eigenvalue weighted by Crippen LogP contribution is 2.13. The Morgan fingerprint density at radius 3 is 2.20 bits per heavy atom. The van der Waals surface area contributed by atoms with Crippen LogP contribution < -0.4 is 27.5 Å². The number of guanidine groups is 1. The van der Waals surface area contributed by atoms with Gasteiger partial charge in [0.2, 0.25) is 11.8 Å². The van der Waals surface area contributed by atoms with Gasteiger partial charge >= 0.3 is 18.1 Å². The van der Waals surface area contributed by atoms with Crippen LogP contribution in [-0.2, 0) is 23.9 Å². The molecule has 0 radical (unpaired) electrons. The summed E-state index contributed by atoms with van der Waals surface area (Å²) >= 11 is 0. The number of alkyl halides is 3. The predicted molar refractivity (Wildman–Crippen MR) is 114 cm³/mol. The SMILES string of the molecule is CC[C@H](C)[C@H](NC(=O)[C@@H](N)CCCN=C(N)N[N+](=O)[O-])C(=O)NCC(=O)OC.O=C(O)C(F)(F)F. The van der Waals surface area contributed by atoms with E-state index in [4.69, 9.17) is 21.4 Å². The third kappa shape index (κ3) is 16.5. The van der Waals surface area contributed by atoms with E-state index < -0.39 is 47.0 Å². The number of nitrogens with two attached hydrogens (primary N) is 2.